The number of rotatable bonds is 4. The van der Waals surface area contributed by atoms with Crippen LogP contribution in [0.2, 0.25) is 0 Å². The molecule has 0 amide bonds. The van der Waals surface area contributed by atoms with Gasteiger partial charge >= 0.3 is 0 Å². The van der Waals surface area contributed by atoms with Crippen molar-refractivity contribution in [3.63, 3.8) is 0 Å². The second kappa shape index (κ2) is 7.27. The summed E-state index contributed by atoms with van der Waals surface area (Å²) in [6.45, 7) is 3.64. The van der Waals surface area contributed by atoms with E-state index in [-0.39, 0.29) is 16.7 Å². The van der Waals surface area contributed by atoms with E-state index in [2.05, 4.69) is 10.00 Å². The van der Waals surface area contributed by atoms with Crippen molar-refractivity contribution in [2.45, 2.75) is 6.92 Å². The molecule has 7 nitrogen and oxygen atoms in total. The Balaban J connectivity index is 1.57. The summed E-state index contributed by atoms with van der Waals surface area (Å²) in [5.41, 5.74) is 1.46. The van der Waals surface area contributed by atoms with Crippen LogP contribution in [0.5, 0.6) is 5.75 Å². The Kier molecular flexibility index (Phi) is 4.91. The molecule has 1 aliphatic heterocycles. The highest BCUT2D eigenvalue weighted by atomic mass is 32.2. The first-order valence-corrected chi connectivity index (χ1v) is 10.8. The van der Waals surface area contributed by atoms with Crippen molar-refractivity contribution in [3.05, 3.63) is 48.2 Å². The molecule has 0 radical (unpaired) electrons. The van der Waals surface area contributed by atoms with Crippen LogP contribution in [0.3, 0.4) is 0 Å². The van der Waals surface area contributed by atoms with Crippen LogP contribution in [0, 0.1) is 11.6 Å². The molecule has 3 aromatic rings. The number of hydrogen-bond acceptors (Lipinski definition) is 5. The highest BCUT2D eigenvalue weighted by Gasteiger charge is 2.25. The molecule has 2 aromatic carbocycles. The molecule has 1 fully saturated rings. The van der Waals surface area contributed by atoms with Gasteiger partial charge in [-0.25, -0.2) is 21.9 Å². The van der Waals surface area contributed by atoms with Gasteiger partial charge in [-0.2, -0.15) is 9.40 Å². The van der Waals surface area contributed by atoms with Gasteiger partial charge in [0.05, 0.1) is 17.6 Å². The van der Waals surface area contributed by atoms with Gasteiger partial charge in [-0.3, -0.25) is 0 Å². The minimum absolute atomic E-state index is 0.00460. The van der Waals surface area contributed by atoms with E-state index >= 15 is 0 Å². The molecule has 1 aromatic heterocycles. The molecule has 0 bridgehead atoms. The standard InChI is InChI=1S/C19H20F2N4O3S/c1-2-29(27,28)24-9-7-23(8-10-24)14-3-5-15(6-4-14)25-18-13(12-22-25)11-16(20)19(26)17(18)21/h3-6,11-12,26H,2,7-10H2,1H3. The van der Waals surface area contributed by atoms with Gasteiger partial charge in [0, 0.05) is 37.3 Å². The molecule has 0 saturated carbocycles. The molecular weight excluding hydrogens is 402 g/mol. The summed E-state index contributed by atoms with van der Waals surface area (Å²) in [5.74, 6) is -3.03. The summed E-state index contributed by atoms with van der Waals surface area (Å²) in [6, 6.07) is 8.21. The average Bonchev–Trinajstić information content (AvgIpc) is 3.16. The largest absolute Gasteiger partial charge is 0.503 e. The van der Waals surface area contributed by atoms with Crippen molar-refractivity contribution in [1.29, 1.82) is 0 Å². The van der Waals surface area contributed by atoms with E-state index in [0.29, 0.717) is 31.9 Å². The smallest absolute Gasteiger partial charge is 0.213 e. The highest BCUT2D eigenvalue weighted by molar-refractivity contribution is 7.89. The number of phenols is 1. The van der Waals surface area contributed by atoms with Crippen molar-refractivity contribution in [3.8, 4) is 11.4 Å². The zero-order valence-corrected chi connectivity index (χ0v) is 16.5. The minimum atomic E-state index is -3.18. The van der Waals surface area contributed by atoms with Gasteiger partial charge in [-0.15, -0.1) is 0 Å². The molecule has 0 atom stereocenters. The van der Waals surface area contributed by atoms with Gasteiger partial charge in [-0.05, 0) is 37.3 Å². The zero-order valence-electron chi connectivity index (χ0n) is 15.7. The van der Waals surface area contributed by atoms with Crippen LogP contribution >= 0.6 is 0 Å². The van der Waals surface area contributed by atoms with Gasteiger partial charge in [0.25, 0.3) is 0 Å². The number of fused-ring (bicyclic) bond motifs is 1. The Morgan fingerprint density at radius 3 is 2.31 bits per heavy atom. The van der Waals surface area contributed by atoms with E-state index in [9.17, 15) is 22.3 Å². The van der Waals surface area contributed by atoms with E-state index in [1.54, 1.807) is 19.1 Å². The summed E-state index contributed by atoms with van der Waals surface area (Å²) in [5, 5.41) is 13.9. The molecule has 0 spiro atoms. The number of aromatic nitrogens is 2. The van der Waals surface area contributed by atoms with Crippen LogP contribution < -0.4 is 4.90 Å². The first kappa shape index (κ1) is 19.6. The van der Waals surface area contributed by atoms with E-state index in [1.807, 2.05) is 12.1 Å². The van der Waals surface area contributed by atoms with Gasteiger partial charge in [0.1, 0.15) is 5.52 Å². The Bertz CT molecular complexity index is 1150. The summed E-state index contributed by atoms with van der Waals surface area (Å²) < 4.78 is 54.7. The molecular formula is C19H20F2N4O3S. The van der Waals surface area contributed by atoms with Crippen molar-refractivity contribution in [1.82, 2.24) is 14.1 Å². The second-order valence-corrected chi connectivity index (χ2v) is 9.08. The summed E-state index contributed by atoms with van der Waals surface area (Å²) >= 11 is 0. The normalized spacial score (nSPS) is 15.9. The predicted molar refractivity (Wildman–Crippen MR) is 106 cm³/mol. The third kappa shape index (κ3) is 3.42. The third-order valence-corrected chi connectivity index (χ3v) is 7.06. The molecule has 2 heterocycles. The van der Waals surface area contributed by atoms with Crippen molar-refractivity contribution >= 4 is 26.6 Å². The van der Waals surface area contributed by atoms with Crippen molar-refractivity contribution in [2.75, 3.05) is 36.8 Å². The lowest BCUT2D eigenvalue weighted by Crippen LogP contribution is -2.49. The maximum Gasteiger partial charge on any atom is 0.213 e. The number of hydrogen-bond donors (Lipinski definition) is 1. The van der Waals surface area contributed by atoms with Crippen molar-refractivity contribution < 1.29 is 22.3 Å². The topological polar surface area (TPSA) is 78.7 Å². The number of anilines is 1. The van der Waals surface area contributed by atoms with Crippen LogP contribution in [0.25, 0.3) is 16.6 Å². The Hall–Kier alpha value is -2.72. The number of benzene rings is 2. The number of phenolic OH excluding ortho intramolecular Hbond substituents is 1. The quantitative estimate of drug-likeness (QED) is 0.699. The maximum atomic E-state index is 14.4. The van der Waals surface area contributed by atoms with Crippen molar-refractivity contribution in [2.24, 2.45) is 0 Å². The second-order valence-electron chi connectivity index (χ2n) is 6.82. The van der Waals surface area contributed by atoms with Crippen LogP contribution in [0.4, 0.5) is 14.5 Å². The molecule has 1 aliphatic rings. The van der Waals surface area contributed by atoms with Gasteiger partial charge in [0.15, 0.2) is 17.4 Å². The molecule has 0 aliphatic carbocycles. The van der Waals surface area contributed by atoms with E-state index in [0.717, 1.165) is 11.8 Å². The fourth-order valence-corrected chi connectivity index (χ4v) is 4.60. The lowest BCUT2D eigenvalue weighted by atomic mass is 10.2. The summed E-state index contributed by atoms with van der Waals surface area (Å²) in [6.07, 6.45) is 1.34. The van der Waals surface area contributed by atoms with Crippen LogP contribution in [-0.2, 0) is 10.0 Å². The SMILES string of the molecule is CCS(=O)(=O)N1CCN(c2ccc(-n3ncc4cc(F)c(O)c(F)c43)cc2)CC1. The molecule has 29 heavy (non-hydrogen) atoms. The number of nitrogens with zero attached hydrogens (tertiary/aromatic N) is 4. The lowest BCUT2D eigenvalue weighted by Gasteiger charge is -2.35. The van der Waals surface area contributed by atoms with Gasteiger partial charge in [-0.1, -0.05) is 0 Å². The molecule has 4 rings (SSSR count). The molecule has 154 valence electrons. The number of halogens is 2. The van der Waals surface area contributed by atoms with Crippen LogP contribution in [0.15, 0.2) is 36.5 Å². The Morgan fingerprint density at radius 2 is 1.69 bits per heavy atom. The van der Waals surface area contributed by atoms with E-state index in [4.69, 9.17) is 0 Å². The number of piperazine rings is 1. The molecule has 1 N–H and O–H groups in total. The molecule has 0 unspecified atom stereocenters. The summed E-state index contributed by atoms with van der Waals surface area (Å²) in [7, 11) is -3.18. The lowest BCUT2D eigenvalue weighted by molar-refractivity contribution is 0.385. The van der Waals surface area contributed by atoms with Gasteiger partial charge in [0.2, 0.25) is 10.0 Å². The summed E-state index contributed by atoms with van der Waals surface area (Å²) in [4.78, 5) is 2.08. The van der Waals surface area contributed by atoms with E-state index in [1.165, 1.54) is 15.2 Å². The van der Waals surface area contributed by atoms with Crippen LogP contribution in [0.1, 0.15) is 6.92 Å². The minimum Gasteiger partial charge on any atom is -0.503 e. The van der Waals surface area contributed by atoms with Gasteiger partial charge < -0.3 is 10.0 Å². The maximum absolute atomic E-state index is 14.4. The Morgan fingerprint density at radius 1 is 1.07 bits per heavy atom. The average molecular weight is 422 g/mol. The Labute approximate surface area is 166 Å². The predicted octanol–water partition coefficient (Wildman–Crippen LogP) is 2.48. The molecule has 10 heteroatoms. The number of aromatic hydroxyl groups is 1. The van der Waals surface area contributed by atoms with E-state index < -0.39 is 27.4 Å². The fourth-order valence-electron chi connectivity index (χ4n) is 3.52. The molecule has 1 saturated heterocycles. The van der Waals surface area contributed by atoms with Crippen LogP contribution in [-0.4, -0.2) is 59.5 Å². The fraction of sp³-hybridized carbons (Fsp3) is 0.316. The monoisotopic (exact) mass is 422 g/mol. The first-order chi connectivity index (χ1) is 13.8. The third-order valence-electron chi connectivity index (χ3n) is 5.18. The number of sulfonamides is 1. The highest BCUT2D eigenvalue weighted by Crippen LogP contribution is 2.30. The zero-order chi connectivity index (χ0) is 20.8. The first-order valence-electron chi connectivity index (χ1n) is 9.19.